The minimum absolute atomic E-state index is 0.494. The molecule has 6 nitrogen and oxygen atoms in total. The third-order valence-electron chi connectivity index (χ3n) is 4.69. The van der Waals surface area contributed by atoms with Crippen molar-refractivity contribution in [3.05, 3.63) is 0 Å². The summed E-state index contributed by atoms with van der Waals surface area (Å²) in [6.07, 6.45) is 3.19. The highest BCUT2D eigenvalue weighted by Crippen LogP contribution is 2.33. The summed E-state index contributed by atoms with van der Waals surface area (Å²) in [7, 11) is -3.30. The predicted molar refractivity (Wildman–Crippen MR) is 74.3 cm³/mol. The number of hydrogen-bond acceptors (Lipinski definition) is 4. The van der Waals surface area contributed by atoms with Gasteiger partial charge in [-0.05, 0) is 18.8 Å². The van der Waals surface area contributed by atoms with E-state index in [9.17, 15) is 8.42 Å². The molecule has 0 aromatic carbocycles. The molecule has 0 saturated carbocycles. The van der Waals surface area contributed by atoms with E-state index in [2.05, 4.69) is 6.92 Å². The molecule has 0 atom stereocenters. The molecule has 0 aromatic heterocycles. The van der Waals surface area contributed by atoms with Crippen LogP contribution in [-0.4, -0.2) is 62.2 Å². The van der Waals surface area contributed by atoms with Crippen molar-refractivity contribution in [3.63, 3.8) is 0 Å². The highest BCUT2D eigenvalue weighted by atomic mass is 32.2. The molecule has 116 valence electrons. The maximum atomic E-state index is 12.6. The van der Waals surface area contributed by atoms with E-state index < -0.39 is 16.0 Å². The lowest BCUT2D eigenvalue weighted by Crippen LogP contribution is -2.52. The van der Waals surface area contributed by atoms with Crippen LogP contribution < -0.4 is 0 Å². The van der Waals surface area contributed by atoms with Gasteiger partial charge >= 0.3 is 0 Å². The molecule has 7 heteroatoms. The Balaban J connectivity index is 1.61. The quantitative estimate of drug-likeness (QED) is 0.757. The Morgan fingerprint density at radius 1 is 0.950 bits per heavy atom. The van der Waals surface area contributed by atoms with Crippen LogP contribution in [-0.2, 0) is 19.7 Å². The summed E-state index contributed by atoms with van der Waals surface area (Å²) in [6.45, 7) is 5.72. The van der Waals surface area contributed by atoms with Gasteiger partial charge in [0.2, 0.25) is 0 Å². The second kappa shape index (κ2) is 5.53. The molecule has 0 aliphatic carbocycles. The van der Waals surface area contributed by atoms with Crippen LogP contribution in [0.1, 0.15) is 32.6 Å². The van der Waals surface area contributed by atoms with Crippen molar-refractivity contribution in [1.82, 2.24) is 8.61 Å². The fourth-order valence-electron chi connectivity index (χ4n) is 3.22. The van der Waals surface area contributed by atoms with Crippen LogP contribution in [0.2, 0.25) is 0 Å². The first-order chi connectivity index (χ1) is 9.52. The molecule has 3 heterocycles. The summed E-state index contributed by atoms with van der Waals surface area (Å²) in [5, 5.41) is 0. The topological polar surface area (TPSA) is 59.1 Å². The van der Waals surface area contributed by atoms with Crippen LogP contribution in [0.15, 0.2) is 0 Å². The zero-order valence-electron chi connectivity index (χ0n) is 12.1. The molecule has 0 unspecified atom stereocenters. The van der Waals surface area contributed by atoms with E-state index in [0.29, 0.717) is 58.2 Å². The van der Waals surface area contributed by atoms with Crippen LogP contribution in [0.3, 0.4) is 0 Å². The molecule has 3 saturated heterocycles. The molecule has 0 aromatic rings. The lowest BCUT2D eigenvalue weighted by molar-refractivity contribution is -0.179. The van der Waals surface area contributed by atoms with Crippen LogP contribution in [0.4, 0.5) is 0 Å². The first-order valence-corrected chi connectivity index (χ1v) is 8.95. The van der Waals surface area contributed by atoms with Crippen molar-refractivity contribution in [2.24, 2.45) is 5.92 Å². The van der Waals surface area contributed by atoms with Gasteiger partial charge in [-0.1, -0.05) is 6.92 Å². The Morgan fingerprint density at radius 3 is 2.00 bits per heavy atom. The average Bonchev–Trinajstić information content (AvgIpc) is 2.88. The maximum absolute atomic E-state index is 12.6. The Bertz CT molecular complexity index is 429. The van der Waals surface area contributed by atoms with E-state index in [0.717, 1.165) is 12.8 Å². The van der Waals surface area contributed by atoms with Gasteiger partial charge in [-0.3, -0.25) is 0 Å². The van der Waals surface area contributed by atoms with Crippen LogP contribution >= 0.6 is 0 Å². The third-order valence-corrected chi connectivity index (χ3v) is 6.73. The van der Waals surface area contributed by atoms with Gasteiger partial charge in [0.15, 0.2) is 5.79 Å². The minimum atomic E-state index is -3.30. The third kappa shape index (κ3) is 2.74. The molecular formula is C13H24N2O4S. The van der Waals surface area contributed by atoms with Crippen molar-refractivity contribution in [3.8, 4) is 0 Å². The molecule has 20 heavy (non-hydrogen) atoms. The Kier molecular flexibility index (Phi) is 4.07. The van der Waals surface area contributed by atoms with Crippen molar-refractivity contribution in [1.29, 1.82) is 0 Å². The van der Waals surface area contributed by atoms with Crippen molar-refractivity contribution < 1.29 is 17.9 Å². The normalized spacial score (nSPS) is 30.1. The second-order valence-corrected chi connectivity index (χ2v) is 8.02. The monoisotopic (exact) mass is 304 g/mol. The summed E-state index contributed by atoms with van der Waals surface area (Å²) in [4.78, 5) is 0. The van der Waals surface area contributed by atoms with Crippen molar-refractivity contribution in [2.45, 2.75) is 38.4 Å². The van der Waals surface area contributed by atoms with Crippen LogP contribution in [0, 0.1) is 5.92 Å². The number of hydrogen-bond donors (Lipinski definition) is 0. The standard InChI is InChI=1S/C13H24N2O4S/c1-12-2-6-14(7-3-12)20(16,17)15-8-4-13(5-9-15)18-10-11-19-13/h12H,2-11H2,1H3. The Labute approximate surface area is 121 Å². The molecule has 3 aliphatic heterocycles. The molecule has 3 aliphatic rings. The van der Waals surface area contributed by atoms with Crippen LogP contribution in [0.5, 0.6) is 0 Å². The van der Waals surface area contributed by atoms with Crippen molar-refractivity contribution >= 4 is 10.2 Å². The van der Waals surface area contributed by atoms with Gasteiger partial charge in [0.1, 0.15) is 0 Å². The molecule has 0 bridgehead atoms. The number of nitrogens with zero attached hydrogens (tertiary/aromatic N) is 2. The number of rotatable bonds is 2. The molecule has 3 fully saturated rings. The largest absolute Gasteiger partial charge is 0.347 e. The zero-order chi connectivity index (χ0) is 14.2. The summed E-state index contributed by atoms with van der Waals surface area (Å²) in [6, 6.07) is 0. The second-order valence-electron chi connectivity index (χ2n) is 6.10. The Morgan fingerprint density at radius 2 is 1.45 bits per heavy atom. The maximum Gasteiger partial charge on any atom is 0.281 e. The van der Waals surface area contributed by atoms with Gasteiger partial charge in [0, 0.05) is 39.0 Å². The molecule has 1 spiro atoms. The van der Waals surface area contributed by atoms with E-state index in [4.69, 9.17) is 9.47 Å². The molecule has 0 amide bonds. The lowest BCUT2D eigenvalue weighted by atomic mass is 10.0. The van der Waals surface area contributed by atoms with Crippen LogP contribution in [0.25, 0.3) is 0 Å². The van der Waals surface area contributed by atoms with Gasteiger partial charge in [0.25, 0.3) is 10.2 Å². The average molecular weight is 304 g/mol. The van der Waals surface area contributed by atoms with Crippen molar-refractivity contribution in [2.75, 3.05) is 39.4 Å². The predicted octanol–water partition coefficient (Wildman–Crippen LogP) is 0.802. The Hall–Kier alpha value is -0.210. The van der Waals surface area contributed by atoms with E-state index in [1.54, 1.807) is 8.61 Å². The highest BCUT2D eigenvalue weighted by molar-refractivity contribution is 7.86. The molecule has 0 N–H and O–H groups in total. The van der Waals surface area contributed by atoms with E-state index in [-0.39, 0.29) is 0 Å². The van der Waals surface area contributed by atoms with E-state index >= 15 is 0 Å². The van der Waals surface area contributed by atoms with E-state index in [1.807, 2.05) is 0 Å². The summed E-state index contributed by atoms with van der Waals surface area (Å²) in [5.74, 6) is 0.119. The fraction of sp³-hybridized carbons (Fsp3) is 1.00. The molecule has 0 radical (unpaired) electrons. The van der Waals surface area contributed by atoms with Gasteiger partial charge in [-0.15, -0.1) is 0 Å². The summed E-state index contributed by atoms with van der Waals surface area (Å²) >= 11 is 0. The summed E-state index contributed by atoms with van der Waals surface area (Å²) in [5.41, 5.74) is 0. The fourth-order valence-corrected chi connectivity index (χ4v) is 4.87. The summed E-state index contributed by atoms with van der Waals surface area (Å²) < 4.78 is 39.8. The first kappa shape index (κ1) is 14.7. The number of ether oxygens (including phenoxy) is 2. The van der Waals surface area contributed by atoms with Gasteiger partial charge in [-0.2, -0.15) is 17.0 Å². The SMILES string of the molecule is CC1CCN(S(=O)(=O)N2CCC3(CC2)OCCO3)CC1. The highest BCUT2D eigenvalue weighted by Gasteiger charge is 2.43. The zero-order valence-corrected chi connectivity index (χ0v) is 12.9. The van der Waals surface area contributed by atoms with E-state index in [1.165, 1.54) is 0 Å². The van der Waals surface area contributed by atoms with Gasteiger partial charge < -0.3 is 9.47 Å². The van der Waals surface area contributed by atoms with Gasteiger partial charge in [-0.25, -0.2) is 0 Å². The molecular weight excluding hydrogens is 280 g/mol. The lowest BCUT2D eigenvalue weighted by Gasteiger charge is -2.40. The first-order valence-electron chi connectivity index (χ1n) is 7.55. The number of piperidine rings is 2. The minimum Gasteiger partial charge on any atom is -0.347 e. The molecule has 3 rings (SSSR count). The smallest absolute Gasteiger partial charge is 0.281 e. The van der Waals surface area contributed by atoms with Gasteiger partial charge in [0.05, 0.1) is 13.2 Å².